The van der Waals surface area contributed by atoms with Crippen LogP contribution in [-0.4, -0.2) is 36.4 Å². The highest BCUT2D eigenvalue weighted by Crippen LogP contribution is 2.28. The van der Waals surface area contributed by atoms with E-state index < -0.39 is 0 Å². The van der Waals surface area contributed by atoms with Crippen molar-refractivity contribution in [2.45, 2.75) is 39.3 Å². The van der Waals surface area contributed by atoms with Gasteiger partial charge >= 0.3 is 0 Å². The van der Waals surface area contributed by atoms with Crippen molar-refractivity contribution in [1.82, 2.24) is 20.8 Å². The summed E-state index contributed by atoms with van der Waals surface area (Å²) in [5.41, 5.74) is 3.43. The van der Waals surface area contributed by atoms with Crippen LogP contribution < -0.4 is 20.1 Å². The minimum atomic E-state index is -0.173. The molecule has 7 nitrogen and oxygen atoms in total. The summed E-state index contributed by atoms with van der Waals surface area (Å²) in [6.45, 7) is 4.77. The zero-order chi connectivity index (χ0) is 18.4. The van der Waals surface area contributed by atoms with Crippen molar-refractivity contribution in [3.63, 3.8) is 0 Å². The van der Waals surface area contributed by atoms with E-state index in [1.807, 2.05) is 18.2 Å². The number of unbranched alkanes of at least 4 members (excludes halogenated alkanes) is 1. The molecule has 3 N–H and O–H groups in total. The summed E-state index contributed by atoms with van der Waals surface area (Å²) in [6, 6.07) is 5.71. The number of benzene rings is 1. The van der Waals surface area contributed by atoms with Gasteiger partial charge in [0.25, 0.3) is 5.91 Å². The Kier molecular flexibility index (Phi) is 7.94. The molecule has 0 atom stereocenters. The maximum absolute atomic E-state index is 12.5. The summed E-state index contributed by atoms with van der Waals surface area (Å²) in [5, 5.41) is 13.3. The quantitative estimate of drug-likeness (QED) is 0.599. The molecule has 1 aliphatic rings. The maximum Gasteiger partial charge on any atom is 0.272 e. The number of nitrogens with one attached hydrogen (secondary N) is 3. The fourth-order valence-corrected chi connectivity index (χ4v) is 2.95. The molecule has 0 fully saturated rings. The molecule has 1 aromatic carbocycles. The molecule has 1 aliphatic heterocycles. The van der Waals surface area contributed by atoms with Gasteiger partial charge < -0.3 is 20.1 Å². The van der Waals surface area contributed by atoms with Crippen LogP contribution in [0.4, 0.5) is 0 Å². The zero-order valence-electron chi connectivity index (χ0n) is 15.8. The monoisotopic (exact) mass is 394 g/mol. The van der Waals surface area contributed by atoms with Crippen LogP contribution in [0.2, 0.25) is 0 Å². The van der Waals surface area contributed by atoms with Gasteiger partial charge in [-0.15, -0.1) is 12.4 Å². The van der Waals surface area contributed by atoms with Crippen LogP contribution in [0.1, 0.15) is 47.1 Å². The molecular weight excluding hydrogens is 368 g/mol. The van der Waals surface area contributed by atoms with E-state index in [-0.39, 0.29) is 18.3 Å². The summed E-state index contributed by atoms with van der Waals surface area (Å²) in [7, 11) is 1.62. The highest BCUT2D eigenvalue weighted by atomic mass is 35.5. The highest BCUT2D eigenvalue weighted by molar-refractivity contribution is 5.94. The van der Waals surface area contributed by atoms with Crippen LogP contribution in [-0.2, 0) is 19.5 Å². The van der Waals surface area contributed by atoms with E-state index in [4.69, 9.17) is 9.47 Å². The topological polar surface area (TPSA) is 88.3 Å². The lowest BCUT2D eigenvalue weighted by Crippen LogP contribution is -2.28. The number of hydrogen-bond donors (Lipinski definition) is 3. The Balaban J connectivity index is 0.00000261. The molecular formula is C19H27ClN4O3. The minimum absolute atomic E-state index is 0. The number of rotatable bonds is 8. The van der Waals surface area contributed by atoms with Gasteiger partial charge in [-0.1, -0.05) is 19.4 Å². The van der Waals surface area contributed by atoms with Crippen molar-refractivity contribution in [2.24, 2.45) is 0 Å². The number of H-pyrrole nitrogens is 1. The van der Waals surface area contributed by atoms with Crippen molar-refractivity contribution in [1.29, 1.82) is 0 Å². The smallest absolute Gasteiger partial charge is 0.272 e. The Morgan fingerprint density at radius 3 is 2.96 bits per heavy atom. The fourth-order valence-electron chi connectivity index (χ4n) is 2.95. The summed E-state index contributed by atoms with van der Waals surface area (Å²) >= 11 is 0. The van der Waals surface area contributed by atoms with Gasteiger partial charge in [-0.25, -0.2) is 0 Å². The second-order valence-electron chi connectivity index (χ2n) is 6.33. The first-order chi connectivity index (χ1) is 12.7. The van der Waals surface area contributed by atoms with Gasteiger partial charge in [0, 0.05) is 37.3 Å². The van der Waals surface area contributed by atoms with E-state index in [1.165, 1.54) is 0 Å². The molecule has 148 valence electrons. The van der Waals surface area contributed by atoms with Crippen molar-refractivity contribution in [3.8, 4) is 11.5 Å². The van der Waals surface area contributed by atoms with E-state index in [0.29, 0.717) is 31.1 Å². The number of ether oxygens (including phenoxy) is 2. The standard InChI is InChI=1S/C19H26N4O3.ClH/c1-3-4-9-26-16-6-5-13(10-17(16)25-2)11-21-19(24)18-14-12-20-8-7-15(14)22-23-18;/h5-6,10,20H,3-4,7-9,11-12H2,1-2H3,(H,21,24)(H,22,23);1H. The van der Waals surface area contributed by atoms with Gasteiger partial charge in [-0.2, -0.15) is 5.10 Å². The maximum atomic E-state index is 12.5. The second kappa shape index (κ2) is 10.2. The van der Waals surface area contributed by atoms with Gasteiger partial charge in [-0.3, -0.25) is 9.89 Å². The molecule has 2 heterocycles. The molecule has 0 aliphatic carbocycles. The number of halogens is 1. The van der Waals surface area contributed by atoms with Crippen molar-refractivity contribution >= 4 is 18.3 Å². The van der Waals surface area contributed by atoms with Crippen molar-refractivity contribution in [2.75, 3.05) is 20.3 Å². The van der Waals surface area contributed by atoms with Crippen LogP contribution >= 0.6 is 12.4 Å². The zero-order valence-corrected chi connectivity index (χ0v) is 16.6. The Hall–Kier alpha value is -2.25. The van der Waals surface area contributed by atoms with Gasteiger partial charge in [0.1, 0.15) is 0 Å². The lowest BCUT2D eigenvalue weighted by molar-refractivity contribution is 0.0944. The molecule has 0 bridgehead atoms. The number of carbonyl (C=O) groups is 1. The molecule has 3 rings (SSSR count). The minimum Gasteiger partial charge on any atom is -0.493 e. The van der Waals surface area contributed by atoms with Gasteiger partial charge in [0.2, 0.25) is 0 Å². The normalized spacial score (nSPS) is 12.7. The average molecular weight is 395 g/mol. The largest absolute Gasteiger partial charge is 0.493 e. The van der Waals surface area contributed by atoms with Crippen LogP contribution in [0.15, 0.2) is 18.2 Å². The second-order valence-corrected chi connectivity index (χ2v) is 6.33. The summed E-state index contributed by atoms with van der Waals surface area (Å²) in [6.07, 6.45) is 2.95. The molecule has 27 heavy (non-hydrogen) atoms. The summed E-state index contributed by atoms with van der Waals surface area (Å²) in [5.74, 6) is 1.23. The fraction of sp³-hybridized carbons (Fsp3) is 0.474. The molecule has 0 spiro atoms. The third-order valence-corrected chi connectivity index (χ3v) is 4.46. The predicted molar refractivity (Wildman–Crippen MR) is 106 cm³/mol. The number of aromatic amines is 1. The number of nitrogens with zero attached hydrogens (tertiary/aromatic N) is 1. The van der Waals surface area contributed by atoms with Gasteiger partial charge in [-0.05, 0) is 24.1 Å². The Morgan fingerprint density at radius 1 is 1.33 bits per heavy atom. The molecule has 8 heteroatoms. The van der Waals surface area contributed by atoms with Crippen molar-refractivity contribution < 1.29 is 14.3 Å². The van der Waals surface area contributed by atoms with E-state index in [1.54, 1.807) is 7.11 Å². The number of hydrogen-bond acceptors (Lipinski definition) is 5. The molecule has 0 unspecified atom stereocenters. The van der Waals surface area contributed by atoms with E-state index in [9.17, 15) is 4.79 Å². The molecule has 1 amide bonds. The lowest BCUT2D eigenvalue weighted by atomic mass is 10.1. The number of aromatic nitrogens is 2. The Bertz CT molecular complexity index is 763. The molecule has 0 radical (unpaired) electrons. The Morgan fingerprint density at radius 2 is 2.19 bits per heavy atom. The molecule has 1 aromatic heterocycles. The van der Waals surface area contributed by atoms with Gasteiger partial charge in [0.05, 0.1) is 13.7 Å². The van der Waals surface area contributed by atoms with Crippen LogP contribution in [0.3, 0.4) is 0 Å². The van der Waals surface area contributed by atoms with Crippen molar-refractivity contribution in [3.05, 3.63) is 40.7 Å². The van der Waals surface area contributed by atoms with Gasteiger partial charge in [0.15, 0.2) is 17.2 Å². The predicted octanol–water partition coefficient (Wildman–Crippen LogP) is 2.59. The third-order valence-electron chi connectivity index (χ3n) is 4.46. The number of methoxy groups -OCH3 is 1. The van der Waals surface area contributed by atoms with Crippen LogP contribution in [0.5, 0.6) is 11.5 Å². The van der Waals surface area contributed by atoms with Crippen LogP contribution in [0.25, 0.3) is 0 Å². The molecule has 0 saturated heterocycles. The SMILES string of the molecule is CCCCOc1ccc(CNC(=O)c2n[nH]c3c2CNCC3)cc1OC.Cl. The first-order valence-electron chi connectivity index (χ1n) is 9.07. The number of carbonyl (C=O) groups excluding carboxylic acids is 1. The summed E-state index contributed by atoms with van der Waals surface area (Å²) < 4.78 is 11.1. The van der Waals surface area contributed by atoms with E-state index in [2.05, 4.69) is 27.8 Å². The first kappa shape index (κ1) is 21.1. The number of fused-ring (bicyclic) bond motifs is 1. The Labute approximate surface area is 165 Å². The number of amides is 1. The lowest BCUT2D eigenvalue weighted by Gasteiger charge is -2.14. The van der Waals surface area contributed by atoms with Crippen LogP contribution in [0, 0.1) is 0 Å². The molecule has 2 aromatic rings. The summed E-state index contributed by atoms with van der Waals surface area (Å²) in [4.78, 5) is 12.5. The first-order valence-corrected chi connectivity index (χ1v) is 9.07. The van der Waals surface area contributed by atoms with E-state index in [0.717, 1.165) is 48.4 Å². The average Bonchev–Trinajstić information content (AvgIpc) is 3.11. The highest BCUT2D eigenvalue weighted by Gasteiger charge is 2.21. The van der Waals surface area contributed by atoms with E-state index >= 15 is 0 Å². The third kappa shape index (κ3) is 5.14. The molecule has 0 saturated carbocycles.